The standard InChI is InChI=1S/C19H17F4NO3/c1-12-4-2-3-5-14(12)11-24-17(25)9-7-13-6-8-15(26-18(20)21)10-16(13)27-19(22)23/h2-10,18-19H,11H2,1H3,(H,24,25)/b9-7+. The third-order valence-corrected chi connectivity index (χ3v) is 3.55. The smallest absolute Gasteiger partial charge is 0.387 e. The van der Waals surface area contributed by atoms with Crippen molar-refractivity contribution in [3.63, 3.8) is 0 Å². The number of benzene rings is 2. The number of carbonyl (C=O) groups excluding carboxylic acids is 1. The molecule has 2 aromatic rings. The van der Waals surface area contributed by atoms with Crippen molar-refractivity contribution in [3.8, 4) is 11.5 Å². The number of ether oxygens (including phenoxy) is 2. The van der Waals surface area contributed by atoms with Crippen molar-refractivity contribution in [3.05, 3.63) is 65.2 Å². The summed E-state index contributed by atoms with van der Waals surface area (Å²) in [6.07, 6.45) is 2.39. The first kappa shape index (κ1) is 20.3. The number of hydrogen-bond acceptors (Lipinski definition) is 3. The number of alkyl halides is 4. The number of halogens is 4. The molecule has 0 atom stereocenters. The number of aryl methyl sites for hydroxylation is 1. The molecule has 2 rings (SSSR count). The summed E-state index contributed by atoms with van der Waals surface area (Å²) >= 11 is 0. The summed E-state index contributed by atoms with van der Waals surface area (Å²) < 4.78 is 58.0. The molecular weight excluding hydrogens is 366 g/mol. The largest absolute Gasteiger partial charge is 0.435 e. The first-order valence-electron chi connectivity index (χ1n) is 7.89. The van der Waals surface area contributed by atoms with Crippen molar-refractivity contribution in [2.75, 3.05) is 0 Å². The molecule has 0 fully saturated rings. The van der Waals surface area contributed by atoms with Crippen LogP contribution >= 0.6 is 0 Å². The molecule has 8 heteroatoms. The summed E-state index contributed by atoms with van der Waals surface area (Å²) in [4.78, 5) is 11.9. The highest BCUT2D eigenvalue weighted by atomic mass is 19.3. The number of carbonyl (C=O) groups is 1. The van der Waals surface area contributed by atoms with Crippen molar-refractivity contribution in [1.82, 2.24) is 5.32 Å². The average Bonchev–Trinajstić information content (AvgIpc) is 2.59. The second-order valence-corrected chi connectivity index (χ2v) is 5.43. The third-order valence-electron chi connectivity index (χ3n) is 3.55. The Balaban J connectivity index is 2.07. The van der Waals surface area contributed by atoms with E-state index in [2.05, 4.69) is 14.8 Å². The molecule has 0 aliphatic rings. The first-order valence-corrected chi connectivity index (χ1v) is 7.89. The molecular formula is C19H17F4NO3. The van der Waals surface area contributed by atoms with Gasteiger partial charge in [-0.15, -0.1) is 0 Å². The highest BCUT2D eigenvalue weighted by molar-refractivity contribution is 5.92. The van der Waals surface area contributed by atoms with Crippen LogP contribution in [0.5, 0.6) is 11.5 Å². The maximum atomic E-state index is 12.5. The van der Waals surface area contributed by atoms with Crippen LogP contribution in [-0.2, 0) is 11.3 Å². The number of amides is 1. The lowest BCUT2D eigenvalue weighted by Gasteiger charge is -2.11. The van der Waals surface area contributed by atoms with Crippen LogP contribution < -0.4 is 14.8 Å². The quantitative estimate of drug-likeness (QED) is 0.538. The Morgan fingerprint density at radius 3 is 2.44 bits per heavy atom. The molecule has 144 valence electrons. The van der Waals surface area contributed by atoms with Gasteiger partial charge in [0, 0.05) is 24.3 Å². The summed E-state index contributed by atoms with van der Waals surface area (Å²) in [5.74, 6) is -1.16. The summed E-state index contributed by atoms with van der Waals surface area (Å²) in [7, 11) is 0. The molecule has 27 heavy (non-hydrogen) atoms. The molecule has 0 saturated heterocycles. The van der Waals surface area contributed by atoms with E-state index >= 15 is 0 Å². The van der Waals surface area contributed by atoms with Gasteiger partial charge in [-0.05, 0) is 36.3 Å². The normalized spacial score (nSPS) is 11.2. The van der Waals surface area contributed by atoms with Crippen molar-refractivity contribution in [1.29, 1.82) is 0 Å². The summed E-state index contributed by atoms with van der Waals surface area (Å²) in [5, 5.41) is 2.67. The number of nitrogens with one attached hydrogen (secondary N) is 1. The summed E-state index contributed by atoms with van der Waals surface area (Å²) in [6, 6.07) is 10.8. The van der Waals surface area contributed by atoms with E-state index < -0.39 is 19.1 Å². The molecule has 0 unspecified atom stereocenters. The average molecular weight is 383 g/mol. The van der Waals surface area contributed by atoms with Crippen molar-refractivity contribution < 1.29 is 31.8 Å². The molecule has 1 amide bonds. The minimum absolute atomic E-state index is 0.114. The third kappa shape index (κ3) is 6.65. The first-order chi connectivity index (χ1) is 12.8. The van der Waals surface area contributed by atoms with Gasteiger partial charge in [0.15, 0.2) is 0 Å². The lowest BCUT2D eigenvalue weighted by molar-refractivity contribution is -0.116. The lowest BCUT2D eigenvalue weighted by atomic mass is 10.1. The zero-order valence-electron chi connectivity index (χ0n) is 14.3. The second kappa shape index (κ2) is 9.61. The van der Waals surface area contributed by atoms with Crippen molar-refractivity contribution in [2.24, 2.45) is 0 Å². The molecule has 0 aromatic heterocycles. The second-order valence-electron chi connectivity index (χ2n) is 5.43. The van der Waals surface area contributed by atoms with Crippen LogP contribution in [0, 0.1) is 6.92 Å². The van der Waals surface area contributed by atoms with E-state index in [1.807, 2.05) is 31.2 Å². The predicted octanol–water partition coefficient (Wildman–Crippen LogP) is 4.53. The molecule has 0 saturated carbocycles. The van der Waals surface area contributed by atoms with Crippen LogP contribution in [0.4, 0.5) is 17.6 Å². The van der Waals surface area contributed by atoms with E-state index in [1.165, 1.54) is 12.1 Å². The van der Waals surface area contributed by atoms with Gasteiger partial charge < -0.3 is 14.8 Å². The van der Waals surface area contributed by atoms with Gasteiger partial charge in [0.25, 0.3) is 0 Å². The maximum absolute atomic E-state index is 12.5. The van der Waals surface area contributed by atoms with Gasteiger partial charge in [0.1, 0.15) is 11.5 Å². The fourth-order valence-electron chi connectivity index (χ4n) is 2.24. The van der Waals surface area contributed by atoms with E-state index in [0.29, 0.717) is 6.54 Å². The zero-order valence-corrected chi connectivity index (χ0v) is 14.3. The minimum Gasteiger partial charge on any atom is -0.435 e. The molecule has 0 spiro atoms. The molecule has 2 aromatic carbocycles. The Labute approximate surface area is 153 Å². The molecule has 4 nitrogen and oxygen atoms in total. The van der Waals surface area contributed by atoms with Crippen LogP contribution in [0.3, 0.4) is 0 Å². The van der Waals surface area contributed by atoms with E-state index in [9.17, 15) is 22.4 Å². The van der Waals surface area contributed by atoms with Crippen molar-refractivity contribution in [2.45, 2.75) is 26.7 Å². The van der Waals surface area contributed by atoms with E-state index in [-0.39, 0.29) is 17.1 Å². The van der Waals surface area contributed by atoms with Crippen LogP contribution in [-0.4, -0.2) is 19.1 Å². The molecule has 0 aliphatic heterocycles. The topological polar surface area (TPSA) is 47.6 Å². The predicted molar refractivity (Wildman–Crippen MR) is 91.8 cm³/mol. The van der Waals surface area contributed by atoms with E-state index in [0.717, 1.165) is 29.3 Å². The molecule has 0 radical (unpaired) electrons. The molecule has 0 aliphatic carbocycles. The summed E-state index contributed by atoms with van der Waals surface area (Å²) in [6.45, 7) is -4.04. The van der Waals surface area contributed by atoms with Gasteiger partial charge in [0.05, 0.1) is 0 Å². The van der Waals surface area contributed by atoms with E-state index in [1.54, 1.807) is 0 Å². The van der Waals surface area contributed by atoms with Crippen LogP contribution in [0.2, 0.25) is 0 Å². The Hall–Kier alpha value is -3.03. The van der Waals surface area contributed by atoms with Crippen molar-refractivity contribution >= 4 is 12.0 Å². The van der Waals surface area contributed by atoms with Gasteiger partial charge >= 0.3 is 13.2 Å². The fourth-order valence-corrected chi connectivity index (χ4v) is 2.24. The van der Waals surface area contributed by atoms with Crippen LogP contribution in [0.15, 0.2) is 48.5 Å². The summed E-state index contributed by atoms with van der Waals surface area (Å²) in [5.41, 5.74) is 2.07. The lowest BCUT2D eigenvalue weighted by Crippen LogP contribution is -2.20. The minimum atomic E-state index is -3.16. The van der Waals surface area contributed by atoms with Gasteiger partial charge in [-0.25, -0.2) is 0 Å². The van der Waals surface area contributed by atoms with Gasteiger partial charge in [-0.2, -0.15) is 17.6 Å². The highest BCUT2D eigenvalue weighted by Gasteiger charge is 2.12. The Morgan fingerprint density at radius 2 is 1.78 bits per heavy atom. The van der Waals surface area contributed by atoms with Gasteiger partial charge in [-0.3, -0.25) is 4.79 Å². The number of rotatable bonds is 8. The van der Waals surface area contributed by atoms with Gasteiger partial charge in [0.2, 0.25) is 5.91 Å². The zero-order chi connectivity index (χ0) is 19.8. The Morgan fingerprint density at radius 1 is 1.07 bits per heavy atom. The maximum Gasteiger partial charge on any atom is 0.387 e. The molecule has 1 N–H and O–H groups in total. The Kier molecular flexibility index (Phi) is 7.22. The highest BCUT2D eigenvalue weighted by Crippen LogP contribution is 2.28. The fraction of sp³-hybridized carbons (Fsp3) is 0.211. The SMILES string of the molecule is Cc1ccccc1CNC(=O)/C=C/c1ccc(OC(F)F)cc1OC(F)F. The van der Waals surface area contributed by atoms with Gasteiger partial charge in [-0.1, -0.05) is 24.3 Å². The van der Waals surface area contributed by atoms with Crippen LogP contribution in [0.25, 0.3) is 6.08 Å². The van der Waals surface area contributed by atoms with E-state index in [4.69, 9.17) is 0 Å². The monoisotopic (exact) mass is 383 g/mol. The van der Waals surface area contributed by atoms with Crippen LogP contribution in [0.1, 0.15) is 16.7 Å². The Bertz CT molecular complexity index is 809. The molecule has 0 heterocycles. The number of hydrogen-bond donors (Lipinski definition) is 1. The molecule has 0 bridgehead atoms.